The molecule has 4 heteroatoms. The molecule has 1 saturated heterocycles. The smallest absolute Gasteiger partial charge is 0.147 e. The molecule has 0 spiro atoms. The van der Waals surface area contributed by atoms with E-state index in [9.17, 15) is 0 Å². The third-order valence-electron chi connectivity index (χ3n) is 2.74. The van der Waals surface area contributed by atoms with Crippen molar-refractivity contribution in [3.05, 3.63) is 18.6 Å². The molecule has 1 aromatic rings. The molecule has 1 atom stereocenters. The van der Waals surface area contributed by atoms with E-state index < -0.39 is 0 Å². The van der Waals surface area contributed by atoms with Crippen molar-refractivity contribution in [1.82, 2.24) is 9.97 Å². The zero-order valence-corrected chi connectivity index (χ0v) is 8.26. The second-order valence-electron chi connectivity index (χ2n) is 3.64. The van der Waals surface area contributed by atoms with Gasteiger partial charge in [0.25, 0.3) is 0 Å². The van der Waals surface area contributed by atoms with Crippen molar-refractivity contribution in [2.45, 2.75) is 25.3 Å². The fourth-order valence-corrected chi connectivity index (χ4v) is 1.99. The van der Waals surface area contributed by atoms with Gasteiger partial charge >= 0.3 is 0 Å². The molecule has 1 aliphatic rings. The Morgan fingerprint density at radius 3 is 3.07 bits per heavy atom. The molecule has 4 nitrogen and oxygen atoms in total. The third kappa shape index (κ3) is 1.85. The summed E-state index contributed by atoms with van der Waals surface area (Å²) in [5.41, 5.74) is 5.74. The van der Waals surface area contributed by atoms with Gasteiger partial charge in [0.1, 0.15) is 5.82 Å². The van der Waals surface area contributed by atoms with E-state index in [1.807, 2.05) is 6.20 Å². The van der Waals surface area contributed by atoms with Crippen molar-refractivity contribution in [2.24, 2.45) is 5.73 Å². The van der Waals surface area contributed by atoms with Gasteiger partial charge in [-0.25, -0.2) is 4.98 Å². The summed E-state index contributed by atoms with van der Waals surface area (Å²) in [7, 11) is 0. The number of piperidine rings is 1. The van der Waals surface area contributed by atoms with Crippen molar-refractivity contribution in [1.29, 1.82) is 0 Å². The molecule has 1 aromatic heterocycles. The van der Waals surface area contributed by atoms with Gasteiger partial charge in [0.05, 0.1) is 6.20 Å². The largest absolute Gasteiger partial charge is 0.351 e. The normalized spacial score (nSPS) is 22.4. The van der Waals surface area contributed by atoms with Gasteiger partial charge in [-0.15, -0.1) is 0 Å². The maximum atomic E-state index is 5.74. The Labute approximate surface area is 84.2 Å². The minimum atomic E-state index is 0.445. The summed E-state index contributed by atoms with van der Waals surface area (Å²) in [5, 5.41) is 0. The van der Waals surface area contributed by atoms with Gasteiger partial charge in [-0.3, -0.25) is 4.98 Å². The Morgan fingerprint density at radius 2 is 2.36 bits per heavy atom. The van der Waals surface area contributed by atoms with Crippen LogP contribution in [0.15, 0.2) is 18.6 Å². The van der Waals surface area contributed by atoms with Crippen LogP contribution >= 0.6 is 0 Å². The van der Waals surface area contributed by atoms with Gasteiger partial charge < -0.3 is 10.6 Å². The molecule has 1 aliphatic heterocycles. The number of rotatable bonds is 2. The molecule has 0 radical (unpaired) electrons. The average Bonchev–Trinajstić information content (AvgIpc) is 2.30. The van der Waals surface area contributed by atoms with E-state index in [-0.39, 0.29) is 0 Å². The van der Waals surface area contributed by atoms with Crippen LogP contribution in [0, 0.1) is 0 Å². The molecule has 1 fully saturated rings. The molecule has 0 aliphatic carbocycles. The Kier molecular flexibility index (Phi) is 2.93. The first-order chi connectivity index (χ1) is 6.92. The van der Waals surface area contributed by atoms with Gasteiger partial charge in [-0.1, -0.05) is 0 Å². The predicted octanol–water partition coefficient (Wildman–Crippen LogP) is 0.794. The number of aromatic nitrogens is 2. The number of hydrogen-bond acceptors (Lipinski definition) is 4. The molecule has 14 heavy (non-hydrogen) atoms. The number of hydrogen-bond donors (Lipinski definition) is 1. The van der Waals surface area contributed by atoms with Crippen molar-refractivity contribution >= 4 is 5.82 Å². The van der Waals surface area contributed by atoms with Crippen molar-refractivity contribution < 1.29 is 0 Å². The molecule has 0 saturated carbocycles. The lowest BCUT2D eigenvalue weighted by Crippen LogP contribution is -2.44. The lowest BCUT2D eigenvalue weighted by molar-refractivity contribution is 0.461. The van der Waals surface area contributed by atoms with Crippen molar-refractivity contribution in [2.75, 3.05) is 18.0 Å². The molecule has 2 rings (SSSR count). The van der Waals surface area contributed by atoms with E-state index in [4.69, 9.17) is 5.73 Å². The van der Waals surface area contributed by atoms with Crippen LogP contribution in [0.4, 0.5) is 5.82 Å². The summed E-state index contributed by atoms with van der Waals surface area (Å²) in [6, 6.07) is 0.445. The zero-order valence-electron chi connectivity index (χ0n) is 8.26. The second-order valence-corrected chi connectivity index (χ2v) is 3.64. The lowest BCUT2D eigenvalue weighted by atomic mass is 10.0. The van der Waals surface area contributed by atoms with E-state index in [1.165, 1.54) is 19.3 Å². The van der Waals surface area contributed by atoms with Gasteiger partial charge in [0.2, 0.25) is 0 Å². The molecule has 2 N–H and O–H groups in total. The quantitative estimate of drug-likeness (QED) is 0.753. The van der Waals surface area contributed by atoms with Crippen LogP contribution in [0.1, 0.15) is 19.3 Å². The zero-order chi connectivity index (χ0) is 9.80. The minimum absolute atomic E-state index is 0.445. The van der Waals surface area contributed by atoms with E-state index in [0.29, 0.717) is 12.6 Å². The summed E-state index contributed by atoms with van der Waals surface area (Å²) in [4.78, 5) is 10.7. The van der Waals surface area contributed by atoms with Gasteiger partial charge in [0.15, 0.2) is 0 Å². The summed E-state index contributed by atoms with van der Waals surface area (Å²) in [6.45, 7) is 1.76. The summed E-state index contributed by atoms with van der Waals surface area (Å²) in [5.74, 6) is 0.961. The molecule has 76 valence electrons. The summed E-state index contributed by atoms with van der Waals surface area (Å²) < 4.78 is 0. The van der Waals surface area contributed by atoms with Gasteiger partial charge in [-0.2, -0.15) is 0 Å². The van der Waals surface area contributed by atoms with Crippen LogP contribution in [0.25, 0.3) is 0 Å². The van der Waals surface area contributed by atoms with E-state index in [0.717, 1.165) is 12.4 Å². The van der Waals surface area contributed by atoms with Gasteiger partial charge in [0, 0.05) is 31.5 Å². The van der Waals surface area contributed by atoms with Crippen LogP contribution in [-0.2, 0) is 0 Å². The summed E-state index contributed by atoms with van der Waals surface area (Å²) >= 11 is 0. The first-order valence-corrected chi connectivity index (χ1v) is 5.14. The van der Waals surface area contributed by atoms with Crippen LogP contribution in [-0.4, -0.2) is 29.1 Å². The average molecular weight is 192 g/mol. The van der Waals surface area contributed by atoms with Crippen LogP contribution in [0.3, 0.4) is 0 Å². The first-order valence-electron chi connectivity index (χ1n) is 5.14. The van der Waals surface area contributed by atoms with Crippen molar-refractivity contribution in [3.8, 4) is 0 Å². The Morgan fingerprint density at radius 1 is 1.43 bits per heavy atom. The molecular formula is C10H16N4. The number of anilines is 1. The van der Waals surface area contributed by atoms with Gasteiger partial charge in [-0.05, 0) is 19.3 Å². The molecule has 0 unspecified atom stereocenters. The predicted molar refractivity (Wildman–Crippen MR) is 56.1 cm³/mol. The van der Waals surface area contributed by atoms with E-state index >= 15 is 0 Å². The second kappa shape index (κ2) is 4.37. The van der Waals surface area contributed by atoms with Crippen molar-refractivity contribution in [3.63, 3.8) is 0 Å². The SMILES string of the molecule is NC[C@@H]1CCCCN1c1cnccn1. The maximum absolute atomic E-state index is 5.74. The Bertz CT molecular complexity index is 275. The van der Waals surface area contributed by atoms with Crippen LogP contribution in [0.5, 0.6) is 0 Å². The summed E-state index contributed by atoms with van der Waals surface area (Å²) in [6.07, 6.45) is 8.93. The van der Waals surface area contributed by atoms with E-state index in [2.05, 4.69) is 14.9 Å². The lowest BCUT2D eigenvalue weighted by Gasteiger charge is -2.35. The fourth-order valence-electron chi connectivity index (χ4n) is 1.99. The highest BCUT2D eigenvalue weighted by Crippen LogP contribution is 2.21. The standard InChI is InChI=1S/C10H16N4/c11-7-9-3-1-2-6-14(9)10-8-12-4-5-13-10/h4-5,8-9H,1-3,6-7,11H2/t9-/m0/s1. The van der Waals surface area contributed by atoms with E-state index in [1.54, 1.807) is 12.4 Å². The Balaban J connectivity index is 2.15. The first kappa shape index (κ1) is 9.40. The molecule has 0 amide bonds. The molecule has 0 aromatic carbocycles. The maximum Gasteiger partial charge on any atom is 0.147 e. The molecule has 2 heterocycles. The fraction of sp³-hybridized carbons (Fsp3) is 0.600. The third-order valence-corrected chi connectivity index (χ3v) is 2.74. The number of nitrogens with two attached hydrogens (primary N) is 1. The molecular weight excluding hydrogens is 176 g/mol. The highest BCUT2D eigenvalue weighted by molar-refractivity contribution is 5.37. The highest BCUT2D eigenvalue weighted by Gasteiger charge is 2.21. The minimum Gasteiger partial charge on any atom is -0.351 e. The van der Waals surface area contributed by atoms with Crippen LogP contribution in [0.2, 0.25) is 0 Å². The topological polar surface area (TPSA) is 55.0 Å². The number of nitrogens with zero attached hydrogens (tertiary/aromatic N) is 3. The Hall–Kier alpha value is -1.16. The highest BCUT2D eigenvalue weighted by atomic mass is 15.2. The van der Waals surface area contributed by atoms with Crippen LogP contribution < -0.4 is 10.6 Å². The monoisotopic (exact) mass is 192 g/mol. The molecule has 0 bridgehead atoms.